The number of hydrogen-bond donors (Lipinski definition) is 1. The van der Waals surface area contributed by atoms with E-state index in [4.69, 9.17) is 14.6 Å². The van der Waals surface area contributed by atoms with Crippen molar-refractivity contribution in [3.8, 4) is 21.9 Å². The van der Waals surface area contributed by atoms with Crippen molar-refractivity contribution < 1.29 is 14.6 Å². The molecule has 3 nitrogen and oxygen atoms in total. The number of thiophene rings is 1. The molecular formula is C13H14O3S. The lowest BCUT2D eigenvalue weighted by Gasteiger charge is -2.08. The number of rotatable bonds is 4. The Kier molecular flexibility index (Phi) is 3.66. The zero-order chi connectivity index (χ0) is 12.3. The fourth-order valence-electron chi connectivity index (χ4n) is 1.61. The van der Waals surface area contributed by atoms with Crippen LogP contribution in [0.4, 0.5) is 0 Å². The van der Waals surface area contributed by atoms with Gasteiger partial charge >= 0.3 is 0 Å². The standard InChI is InChI=1S/C13H14O3S/c1-15-9-3-5-12(16-2)11(7-9)13-6-4-10(8-14)17-13/h3-7,14H,8H2,1-2H3. The molecule has 90 valence electrons. The molecule has 0 fully saturated rings. The maximum atomic E-state index is 9.08. The van der Waals surface area contributed by atoms with E-state index in [2.05, 4.69) is 0 Å². The van der Waals surface area contributed by atoms with Crippen LogP contribution in [-0.4, -0.2) is 19.3 Å². The van der Waals surface area contributed by atoms with Crippen molar-refractivity contribution in [3.63, 3.8) is 0 Å². The number of benzene rings is 1. The second-order valence-electron chi connectivity index (χ2n) is 3.49. The zero-order valence-electron chi connectivity index (χ0n) is 9.77. The predicted octanol–water partition coefficient (Wildman–Crippen LogP) is 2.92. The van der Waals surface area contributed by atoms with Crippen LogP contribution in [0, 0.1) is 0 Å². The van der Waals surface area contributed by atoms with Crippen molar-refractivity contribution >= 4 is 11.3 Å². The van der Waals surface area contributed by atoms with Gasteiger partial charge in [0.2, 0.25) is 0 Å². The minimum Gasteiger partial charge on any atom is -0.497 e. The van der Waals surface area contributed by atoms with Crippen LogP contribution in [0.2, 0.25) is 0 Å². The molecule has 0 atom stereocenters. The average Bonchev–Trinajstić information content (AvgIpc) is 2.86. The van der Waals surface area contributed by atoms with Crippen LogP contribution in [0.3, 0.4) is 0 Å². The van der Waals surface area contributed by atoms with Gasteiger partial charge in [-0.2, -0.15) is 0 Å². The Bertz CT molecular complexity index is 505. The lowest BCUT2D eigenvalue weighted by Crippen LogP contribution is -1.88. The molecule has 0 bridgehead atoms. The highest BCUT2D eigenvalue weighted by Gasteiger charge is 2.09. The Morgan fingerprint density at radius 1 is 1.12 bits per heavy atom. The summed E-state index contributed by atoms with van der Waals surface area (Å²) in [5, 5.41) is 9.08. The van der Waals surface area contributed by atoms with Crippen molar-refractivity contribution in [2.24, 2.45) is 0 Å². The monoisotopic (exact) mass is 250 g/mol. The van der Waals surface area contributed by atoms with Gasteiger partial charge in [0.05, 0.1) is 20.8 Å². The van der Waals surface area contributed by atoms with E-state index < -0.39 is 0 Å². The lowest BCUT2D eigenvalue weighted by molar-refractivity contribution is 0.285. The molecule has 0 aliphatic rings. The fourth-order valence-corrected chi connectivity index (χ4v) is 2.50. The number of hydrogen-bond acceptors (Lipinski definition) is 4. The fraction of sp³-hybridized carbons (Fsp3) is 0.231. The van der Waals surface area contributed by atoms with E-state index >= 15 is 0 Å². The Morgan fingerprint density at radius 2 is 1.94 bits per heavy atom. The van der Waals surface area contributed by atoms with Gasteiger partial charge in [-0.3, -0.25) is 0 Å². The molecule has 0 unspecified atom stereocenters. The van der Waals surface area contributed by atoms with Crippen LogP contribution in [0.5, 0.6) is 11.5 Å². The predicted molar refractivity (Wildman–Crippen MR) is 68.8 cm³/mol. The molecule has 1 heterocycles. The third kappa shape index (κ3) is 2.43. The summed E-state index contributed by atoms with van der Waals surface area (Å²) in [6.45, 7) is 0.0664. The molecule has 0 amide bonds. The summed E-state index contributed by atoms with van der Waals surface area (Å²) in [6, 6.07) is 9.58. The number of aliphatic hydroxyl groups excluding tert-OH is 1. The van der Waals surface area contributed by atoms with Gasteiger partial charge in [-0.05, 0) is 30.3 Å². The summed E-state index contributed by atoms with van der Waals surface area (Å²) in [4.78, 5) is 2.00. The van der Waals surface area contributed by atoms with E-state index in [0.717, 1.165) is 26.8 Å². The molecule has 1 N–H and O–H groups in total. The molecule has 1 aromatic carbocycles. The van der Waals surface area contributed by atoms with Crippen LogP contribution in [0.25, 0.3) is 10.4 Å². The second kappa shape index (κ2) is 5.21. The molecule has 17 heavy (non-hydrogen) atoms. The first kappa shape index (κ1) is 12.0. The van der Waals surface area contributed by atoms with Crippen LogP contribution in [0.15, 0.2) is 30.3 Å². The number of methoxy groups -OCH3 is 2. The van der Waals surface area contributed by atoms with Gasteiger partial charge in [-0.1, -0.05) is 0 Å². The highest BCUT2D eigenvalue weighted by atomic mass is 32.1. The first-order valence-electron chi connectivity index (χ1n) is 5.20. The Balaban J connectivity index is 2.47. The SMILES string of the molecule is COc1ccc(OC)c(-c2ccc(CO)s2)c1. The molecular weight excluding hydrogens is 236 g/mol. The van der Waals surface area contributed by atoms with Crippen LogP contribution >= 0.6 is 11.3 Å². The number of aliphatic hydroxyl groups is 1. The first-order valence-corrected chi connectivity index (χ1v) is 6.02. The third-order valence-electron chi connectivity index (χ3n) is 2.49. The van der Waals surface area contributed by atoms with Gasteiger partial charge in [0.1, 0.15) is 11.5 Å². The molecule has 4 heteroatoms. The van der Waals surface area contributed by atoms with Gasteiger partial charge in [0, 0.05) is 15.3 Å². The molecule has 0 saturated heterocycles. The summed E-state index contributed by atoms with van der Waals surface area (Å²) < 4.78 is 10.5. The summed E-state index contributed by atoms with van der Waals surface area (Å²) >= 11 is 1.55. The molecule has 0 radical (unpaired) electrons. The van der Waals surface area contributed by atoms with Crippen molar-refractivity contribution in [3.05, 3.63) is 35.2 Å². The smallest absolute Gasteiger partial charge is 0.127 e. The van der Waals surface area contributed by atoms with E-state index in [9.17, 15) is 0 Å². The highest BCUT2D eigenvalue weighted by Crippen LogP contribution is 2.37. The van der Waals surface area contributed by atoms with Crippen molar-refractivity contribution in [1.82, 2.24) is 0 Å². The third-order valence-corrected chi connectivity index (χ3v) is 3.59. The normalized spacial score (nSPS) is 10.3. The Hall–Kier alpha value is -1.52. The topological polar surface area (TPSA) is 38.7 Å². The number of ether oxygens (including phenoxy) is 2. The van der Waals surface area contributed by atoms with E-state index in [0.29, 0.717) is 0 Å². The van der Waals surface area contributed by atoms with Gasteiger partial charge in [-0.25, -0.2) is 0 Å². The minimum atomic E-state index is 0.0664. The van der Waals surface area contributed by atoms with Crippen molar-refractivity contribution in [2.45, 2.75) is 6.61 Å². The summed E-state index contributed by atoms with van der Waals surface area (Å²) in [6.07, 6.45) is 0. The van der Waals surface area contributed by atoms with E-state index in [1.165, 1.54) is 0 Å². The Morgan fingerprint density at radius 3 is 2.53 bits per heavy atom. The molecule has 0 aliphatic carbocycles. The molecule has 2 rings (SSSR count). The van der Waals surface area contributed by atoms with Gasteiger partial charge < -0.3 is 14.6 Å². The van der Waals surface area contributed by atoms with Crippen LogP contribution < -0.4 is 9.47 Å². The highest BCUT2D eigenvalue weighted by molar-refractivity contribution is 7.15. The molecule has 0 spiro atoms. The maximum absolute atomic E-state index is 9.08. The van der Waals surface area contributed by atoms with Gasteiger partial charge in [-0.15, -0.1) is 11.3 Å². The average molecular weight is 250 g/mol. The Labute approximate surface area is 104 Å². The molecule has 1 aromatic heterocycles. The quantitative estimate of drug-likeness (QED) is 0.906. The molecule has 0 aliphatic heterocycles. The van der Waals surface area contributed by atoms with E-state index in [1.54, 1.807) is 25.6 Å². The lowest BCUT2D eigenvalue weighted by atomic mass is 10.1. The van der Waals surface area contributed by atoms with Gasteiger partial charge in [0.15, 0.2) is 0 Å². The largest absolute Gasteiger partial charge is 0.497 e. The van der Waals surface area contributed by atoms with Crippen LogP contribution in [-0.2, 0) is 6.61 Å². The zero-order valence-corrected chi connectivity index (χ0v) is 10.6. The van der Waals surface area contributed by atoms with Crippen molar-refractivity contribution in [2.75, 3.05) is 14.2 Å². The summed E-state index contributed by atoms with van der Waals surface area (Å²) in [5.41, 5.74) is 0.983. The van der Waals surface area contributed by atoms with Crippen molar-refractivity contribution in [1.29, 1.82) is 0 Å². The molecule has 0 saturated carbocycles. The second-order valence-corrected chi connectivity index (χ2v) is 4.66. The van der Waals surface area contributed by atoms with E-state index in [-0.39, 0.29) is 6.61 Å². The molecule has 2 aromatic rings. The summed E-state index contributed by atoms with van der Waals surface area (Å²) in [7, 11) is 3.28. The first-order chi connectivity index (χ1) is 8.28. The minimum absolute atomic E-state index is 0.0664. The van der Waals surface area contributed by atoms with E-state index in [1.807, 2.05) is 30.3 Å². The summed E-state index contributed by atoms with van der Waals surface area (Å²) in [5.74, 6) is 1.59. The van der Waals surface area contributed by atoms with Gasteiger partial charge in [0.25, 0.3) is 0 Å². The van der Waals surface area contributed by atoms with Crippen LogP contribution in [0.1, 0.15) is 4.88 Å². The maximum Gasteiger partial charge on any atom is 0.127 e.